The third-order valence-corrected chi connectivity index (χ3v) is 3.69. The van der Waals surface area contributed by atoms with Crippen LogP contribution in [0.4, 0.5) is 4.39 Å². The van der Waals surface area contributed by atoms with Gasteiger partial charge in [0, 0.05) is 24.5 Å². The summed E-state index contributed by atoms with van der Waals surface area (Å²) in [7, 11) is 0. The molecule has 1 saturated heterocycles. The fourth-order valence-corrected chi connectivity index (χ4v) is 2.41. The van der Waals surface area contributed by atoms with Crippen LogP contribution in [-0.2, 0) is 16.1 Å². The summed E-state index contributed by atoms with van der Waals surface area (Å²) in [4.78, 5) is 25.4. The van der Waals surface area contributed by atoms with Crippen molar-refractivity contribution in [2.24, 2.45) is 0 Å². The zero-order chi connectivity index (χ0) is 14.7. The van der Waals surface area contributed by atoms with Crippen LogP contribution >= 0.6 is 11.6 Å². The van der Waals surface area contributed by atoms with Crippen molar-refractivity contribution < 1.29 is 14.0 Å². The van der Waals surface area contributed by atoms with Gasteiger partial charge in [0.15, 0.2) is 0 Å². The van der Waals surface area contributed by atoms with Gasteiger partial charge < -0.3 is 10.2 Å². The summed E-state index contributed by atoms with van der Waals surface area (Å²) < 4.78 is 13.0. The van der Waals surface area contributed by atoms with Crippen molar-refractivity contribution in [1.29, 1.82) is 0 Å². The molecule has 1 aliphatic rings. The van der Waals surface area contributed by atoms with Crippen molar-refractivity contribution in [2.75, 3.05) is 6.54 Å². The van der Waals surface area contributed by atoms with Crippen molar-refractivity contribution in [1.82, 2.24) is 10.2 Å². The lowest BCUT2D eigenvalue weighted by atomic mass is 10.1. The molecule has 20 heavy (non-hydrogen) atoms. The molecule has 4 nitrogen and oxygen atoms in total. The van der Waals surface area contributed by atoms with E-state index in [-0.39, 0.29) is 29.8 Å². The lowest BCUT2D eigenvalue weighted by Crippen LogP contribution is -2.43. The van der Waals surface area contributed by atoms with Gasteiger partial charge >= 0.3 is 0 Å². The largest absolute Gasteiger partial charge is 0.344 e. The van der Waals surface area contributed by atoms with Crippen LogP contribution in [0.3, 0.4) is 0 Å². The molecule has 6 heteroatoms. The molecule has 1 aromatic rings. The number of amides is 2. The van der Waals surface area contributed by atoms with Crippen LogP contribution in [0, 0.1) is 5.82 Å². The number of carbonyl (C=O) groups is 2. The van der Waals surface area contributed by atoms with E-state index in [0.717, 1.165) is 0 Å². The van der Waals surface area contributed by atoms with E-state index in [0.29, 0.717) is 18.5 Å². The van der Waals surface area contributed by atoms with E-state index in [9.17, 15) is 14.0 Å². The number of hydrogen-bond donors (Lipinski definition) is 1. The molecular weight excluding hydrogens is 283 g/mol. The van der Waals surface area contributed by atoms with Crippen LogP contribution < -0.4 is 5.32 Å². The first-order valence-corrected chi connectivity index (χ1v) is 6.91. The van der Waals surface area contributed by atoms with Gasteiger partial charge in [-0.1, -0.05) is 24.6 Å². The molecule has 1 N–H and O–H groups in total. The van der Waals surface area contributed by atoms with Crippen molar-refractivity contribution in [3.63, 3.8) is 0 Å². The normalized spacial score (nSPS) is 19.8. The molecule has 108 valence electrons. The van der Waals surface area contributed by atoms with Crippen molar-refractivity contribution in [3.8, 4) is 0 Å². The average Bonchev–Trinajstić information content (AvgIpc) is 2.54. The van der Waals surface area contributed by atoms with E-state index < -0.39 is 11.9 Å². The first kappa shape index (κ1) is 14.8. The van der Waals surface area contributed by atoms with E-state index in [2.05, 4.69) is 5.32 Å². The maximum absolute atomic E-state index is 13.0. The first-order chi connectivity index (χ1) is 9.51. The van der Waals surface area contributed by atoms with Gasteiger partial charge in [-0.25, -0.2) is 4.39 Å². The van der Waals surface area contributed by atoms with E-state index in [4.69, 9.17) is 11.6 Å². The number of nitrogens with one attached hydrogen (secondary N) is 1. The molecule has 0 spiro atoms. The van der Waals surface area contributed by atoms with Crippen LogP contribution in [0.15, 0.2) is 18.2 Å². The van der Waals surface area contributed by atoms with Gasteiger partial charge in [0.05, 0.1) is 0 Å². The lowest BCUT2D eigenvalue weighted by molar-refractivity contribution is -0.134. The molecule has 2 rings (SSSR count). The van der Waals surface area contributed by atoms with E-state index >= 15 is 0 Å². The summed E-state index contributed by atoms with van der Waals surface area (Å²) in [6.07, 6.45) is 0.805. The van der Waals surface area contributed by atoms with Gasteiger partial charge in [0.1, 0.15) is 11.9 Å². The first-order valence-electron chi connectivity index (χ1n) is 6.53. The number of nitrogens with zero attached hydrogens (tertiary/aromatic N) is 1. The van der Waals surface area contributed by atoms with Crippen LogP contribution in [0.25, 0.3) is 0 Å². The van der Waals surface area contributed by atoms with Crippen LogP contribution in [0.1, 0.15) is 25.3 Å². The SMILES string of the molecule is CCC1NC(=O)CCN(Cc2ccc(F)cc2Cl)C1=O. The van der Waals surface area contributed by atoms with E-state index in [1.165, 1.54) is 12.1 Å². The Morgan fingerprint density at radius 2 is 2.20 bits per heavy atom. The van der Waals surface area contributed by atoms with Gasteiger partial charge in [0.25, 0.3) is 0 Å². The molecule has 1 aromatic carbocycles. The molecular formula is C14H16ClFN2O2. The van der Waals surface area contributed by atoms with Gasteiger partial charge in [-0.2, -0.15) is 0 Å². The second kappa shape index (κ2) is 6.22. The summed E-state index contributed by atoms with van der Waals surface area (Å²) in [6.45, 7) is 2.47. The Hall–Kier alpha value is -1.62. The summed E-state index contributed by atoms with van der Waals surface area (Å²) in [5, 5.41) is 2.98. The van der Waals surface area contributed by atoms with Crippen LogP contribution in [-0.4, -0.2) is 29.3 Å². The lowest BCUT2D eigenvalue weighted by Gasteiger charge is -2.24. The summed E-state index contributed by atoms with van der Waals surface area (Å²) in [6, 6.07) is 3.60. The zero-order valence-corrected chi connectivity index (χ0v) is 11.9. The minimum atomic E-state index is -0.496. The smallest absolute Gasteiger partial charge is 0.245 e. The predicted octanol–water partition coefficient (Wildman–Crippen LogP) is 2.11. The molecule has 1 unspecified atom stereocenters. The predicted molar refractivity (Wildman–Crippen MR) is 73.7 cm³/mol. The fourth-order valence-electron chi connectivity index (χ4n) is 2.18. The highest BCUT2D eigenvalue weighted by atomic mass is 35.5. The van der Waals surface area contributed by atoms with Crippen molar-refractivity contribution in [3.05, 3.63) is 34.6 Å². The molecule has 0 bridgehead atoms. The Labute approximate surface area is 121 Å². The Morgan fingerprint density at radius 1 is 1.45 bits per heavy atom. The summed E-state index contributed by atoms with van der Waals surface area (Å²) >= 11 is 5.98. The molecule has 0 saturated carbocycles. The fraction of sp³-hybridized carbons (Fsp3) is 0.429. The maximum atomic E-state index is 13.0. The highest BCUT2D eigenvalue weighted by Crippen LogP contribution is 2.20. The molecule has 1 atom stereocenters. The maximum Gasteiger partial charge on any atom is 0.245 e. The summed E-state index contributed by atoms with van der Waals surface area (Å²) in [5.74, 6) is -0.666. The Morgan fingerprint density at radius 3 is 2.85 bits per heavy atom. The van der Waals surface area contributed by atoms with Crippen molar-refractivity contribution in [2.45, 2.75) is 32.4 Å². The average molecular weight is 299 g/mol. The minimum absolute atomic E-state index is 0.126. The van der Waals surface area contributed by atoms with Crippen LogP contribution in [0.5, 0.6) is 0 Å². The molecule has 0 aromatic heterocycles. The Balaban J connectivity index is 2.18. The monoisotopic (exact) mass is 298 g/mol. The number of rotatable bonds is 3. The van der Waals surface area contributed by atoms with Gasteiger partial charge in [-0.3, -0.25) is 9.59 Å². The quantitative estimate of drug-likeness (QED) is 0.929. The second-order valence-corrected chi connectivity index (χ2v) is 5.18. The number of halogens is 2. The number of benzene rings is 1. The standard InChI is InChI=1S/C14H16ClFN2O2/c1-2-12-14(20)18(6-5-13(19)17-12)8-9-3-4-10(16)7-11(9)15/h3-4,7,12H,2,5-6,8H2,1H3,(H,17,19). The Bertz CT molecular complexity index is 536. The highest BCUT2D eigenvalue weighted by Gasteiger charge is 2.28. The van der Waals surface area contributed by atoms with Gasteiger partial charge in [-0.05, 0) is 24.1 Å². The molecule has 0 aliphatic carbocycles. The molecule has 1 heterocycles. The third kappa shape index (κ3) is 3.28. The van der Waals surface area contributed by atoms with Gasteiger partial charge in [0.2, 0.25) is 11.8 Å². The van der Waals surface area contributed by atoms with Crippen LogP contribution in [0.2, 0.25) is 5.02 Å². The molecule has 0 radical (unpaired) electrons. The molecule has 2 amide bonds. The zero-order valence-electron chi connectivity index (χ0n) is 11.2. The third-order valence-electron chi connectivity index (χ3n) is 3.34. The number of carbonyl (C=O) groups excluding carboxylic acids is 2. The molecule has 1 aliphatic heterocycles. The van der Waals surface area contributed by atoms with Crippen molar-refractivity contribution >= 4 is 23.4 Å². The minimum Gasteiger partial charge on any atom is -0.344 e. The topological polar surface area (TPSA) is 49.4 Å². The molecule has 1 fully saturated rings. The van der Waals surface area contributed by atoms with E-state index in [1.807, 2.05) is 6.92 Å². The van der Waals surface area contributed by atoms with Gasteiger partial charge in [-0.15, -0.1) is 0 Å². The Kier molecular flexibility index (Phi) is 4.60. The summed E-state index contributed by atoms with van der Waals surface area (Å²) in [5.41, 5.74) is 0.672. The second-order valence-electron chi connectivity index (χ2n) is 4.77. The highest BCUT2D eigenvalue weighted by molar-refractivity contribution is 6.31. The van der Waals surface area contributed by atoms with E-state index in [1.54, 1.807) is 11.0 Å². The number of hydrogen-bond acceptors (Lipinski definition) is 2.